The van der Waals surface area contributed by atoms with Crippen molar-refractivity contribution in [2.45, 2.75) is 6.42 Å². The molecular weight excluding hydrogens is 275 g/mol. The highest BCUT2D eigenvalue weighted by molar-refractivity contribution is 9.09. The van der Waals surface area contributed by atoms with E-state index in [-0.39, 0.29) is 0 Å². The summed E-state index contributed by atoms with van der Waals surface area (Å²) in [7, 11) is 0. The normalized spacial score (nSPS) is 10.1. The molecule has 0 saturated carbocycles. The van der Waals surface area contributed by atoms with Crippen LogP contribution in [0.4, 0.5) is 0 Å². The second-order valence-corrected chi connectivity index (χ2v) is 4.10. The van der Waals surface area contributed by atoms with Crippen molar-refractivity contribution in [2.24, 2.45) is 0 Å². The van der Waals surface area contributed by atoms with Crippen LogP contribution in [0.5, 0.6) is 5.75 Å². The van der Waals surface area contributed by atoms with Gasteiger partial charge in [0.2, 0.25) is 0 Å². The van der Waals surface area contributed by atoms with E-state index in [1.807, 2.05) is 0 Å². The van der Waals surface area contributed by atoms with E-state index < -0.39 is 0 Å². The fraction of sp³-hybridized carbons (Fsp3) is 0.333. The minimum atomic E-state index is 0.596. The highest BCUT2D eigenvalue weighted by Gasteiger charge is 2.01. The SMILES string of the molecule is Clc1ccc(Cl)c(OCCCBr)c1. The highest BCUT2D eigenvalue weighted by Crippen LogP contribution is 2.27. The van der Waals surface area contributed by atoms with E-state index in [4.69, 9.17) is 27.9 Å². The largest absolute Gasteiger partial charge is 0.492 e. The third-order valence-electron chi connectivity index (χ3n) is 1.43. The number of hydrogen-bond acceptors (Lipinski definition) is 1. The van der Waals surface area contributed by atoms with Crippen molar-refractivity contribution in [3.63, 3.8) is 0 Å². The average molecular weight is 284 g/mol. The molecule has 0 aliphatic heterocycles. The molecule has 4 heteroatoms. The number of rotatable bonds is 4. The van der Waals surface area contributed by atoms with Crippen LogP contribution in [0.3, 0.4) is 0 Å². The van der Waals surface area contributed by atoms with E-state index in [0.29, 0.717) is 22.4 Å². The fourth-order valence-electron chi connectivity index (χ4n) is 0.824. The van der Waals surface area contributed by atoms with Crippen LogP contribution in [0.1, 0.15) is 6.42 Å². The van der Waals surface area contributed by atoms with Crippen molar-refractivity contribution >= 4 is 39.1 Å². The van der Waals surface area contributed by atoms with E-state index in [1.54, 1.807) is 18.2 Å². The van der Waals surface area contributed by atoms with Gasteiger partial charge in [-0.1, -0.05) is 39.1 Å². The lowest BCUT2D eigenvalue weighted by atomic mass is 10.3. The third-order valence-corrected chi connectivity index (χ3v) is 2.54. The first-order chi connectivity index (χ1) is 6.24. The molecular formula is C9H9BrCl2O. The molecule has 0 N–H and O–H groups in total. The van der Waals surface area contributed by atoms with Crippen LogP contribution >= 0.6 is 39.1 Å². The summed E-state index contributed by atoms with van der Waals surface area (Å²) in [4.78, 5) is 0. The molecule has 0 radical (unpaired) electrons. The molecule has 0 bridgehead atoms. The summed E-state index contributed by atoms with van der Waals surface area (Å²) in [5, 5.41) is 2.16. The number of hydrogen-bond donors (Lipinski definition) is 0. The van der Waals surface area contributed by atoms with Crippen molar-refractivity contribution in [1.29, 1.82) is 0 Å². The van der Waals surface area contributed by atoms with Crippen molar-refractivity contribution in [1.82, 2.24) is 0 Å². The van der Waals surface area contributed by atoms with Gasteiger partial charge in [-0.2, -0.15) is 0 Å². The zero-order valence-corrected chi connectivity index (χ0v) is 9.99. The van der Waals surface area contributed by atoms with Gasteiger partial charge in [0.25, 0.3) is 0 Å². The summed E-state index contributed by atoms with van der Waals surface area (Å²) in [6.07, 6.45) is 0.947. The van der Waals surface area contributed by atoms with Gasteiger partial charge in [-0.3, -0.25) is 0 Å². The molecule has 1 rings (SSSR count). The van der Waals surface area contributed by atoms with E-state index in [0.717, 1.165) is 11.8 Å². The van der Waals surface area contributed by atoms with Gasteiger partial charge < -0.3 is 4.74 Å². The zero-order valence-electron chi connectivity index (χ0n) is 6.90. The first-order valence-corrected chi connectivity index (χ1v) is 5.75. The second kappa shape index (κ2) is 5.74. The number of ether oxygens (including phenoxy) is 1. The Morgan fingerprint density at radius 2 is 2.08 bits per heavy atom. The highest BCUT2D eigenvalue weighted by atomic mass is 79.9. The van der Waals surface area contributed by atoms with Crippen LogP contribution < -0.4 is 4.74 Å². The zero-order chi connectivity index (χ0) is 9.68. The van der Waals surface area contributed by atoms with Crippen LogP contribution in [-0.4, -0.2) is 11.9 Å². The smallest absolute Gasteiger partial charge is 0.139 e. The number of benzene rings is 1. The Balaban J connectivity index is 2.59. The van der Waals surface area contributed by atoms with E-state index in [9.17, 15) is 0 Å². The quantitative estimate of drug-likeness (QED) is 0.596. The Bertz CT molecular complexity index is 278. The summed E-state index contributed by atoms with van der Waals surface area (Å²) in [6.45, 7) is 0.644. The minimum Gasteiger partial charge on any atom is -0.492 e. The van der Waals surface area contributed by atoms with Gasteiger partial charge in [0.15, 0.2) is 0 Å². The fourth-order valence-corrected chi connectivity index (χ4v) is 1.39. The third kappa shape index (κ3) is 3.75. The molecule has 0 amide bonds. The molecule has 72 valence electrons. The molecule has 0 saturated heterocycles. The molecule has 13 heavy (non-hydrogen) atoms. The van der Waals surface area contributed by atoms with Gasteiger partial charge in [0.05, 0.1) is 11.6 Å². The van der Waals surface area contributed by atoms with Gasteiger partial charge >= 0.3 is 0 Å². The lowest BCUT2D eigenvalue weighted by Gasteiger charge is -2.06. The molecule has 0 spiro atoms. The van der Waals surface area contributed by atoms with Crippen molar-refractivity contribution in [3.05, 3.63) is 28.2 Å². The van der Waals surface area contributed by atoms with Gasteiger partial charge in [0, 0.05) is 16.4 Å². The summed E-state index contributed by atoms with van der Waals surface area (Å²) in [5.74, 6) is 0.648. The lowest BCUT2D eigenvalue weighted by Crippen LogP contribution is -1.97. The molecule has 0 heterocycles. The molecule has 0 aromatic heterocycles. The van der Waals surface area contributed by atoms with Gasteiger partial charge in [-0.25, -0.2) is 0 Å². The molecule has 1 nitrogen and oxygen atoms in total. The summed E-state index contributed by atoms with van der Waals surface area (Å²) in [6, 6.07) is 5.19. The van der Waals surface area contributed by atoms with E-state index >= 15 is 0 Å². The minimum absolute atomic E-state index is 0.596. The maximum Gasteiger partial charge on any atom is 0.139 e. The Labute approximate surface area is 96.1 Å². The van der Waals surface area contributed by atoms with Crippen LogP contribution in [0.2, 0.25) is 10.0 Å². The van der Waals surface area contributed by atoms with Gasteiger partial charge in [-0.15, -0.1) is 0 Å². The molecule has 0 aliphatic rings. The average Bonchev–Trinajstić information content (AvgIpc) is 2.11. The Kier molecular flexibility index (Phi) is 4.92. The Morgan fingerprint density at radius 3 is 2.77 bits per heavy atom. The number of halogens is 3. The van der Waals surface area contributed by atoms with Crippen LogP contribution in [0.25, 0.3) is 0 Å². The molecule has 0 aliphatic carbocycles. The van der Waals surface area contributed by atoms with E-state index in [1.165, 1.54) is 0 Å². The Morgan fingerprint density at radius 1 is 1.31 bits per heavy atom. The number of alkyl halides is 1. The van der Waals surface area contributed by atoms with Gasteiger partial charge in [-0.05, 0) is 18.6 Å². The monoisotopic (exact) mass is 282 g/mol. The van der Waals surface area contributed by atoms with Gasteiger partial charge in [0.1, 0.15) is 5.75 Å². The molecule has 0 fully saturated rings. The first-order valence-electron chi connectivity index (χ1n) is 3.88. The van der Waals surface area contributed by atoms with Crippen molar-refractivity contribution < 1.29 is 4.74 Å². The first kappa shape index (κ1) is 11.2. The second-order valence-electron chi connectivity index (χ2n) is 2.47. The standard InChI is InChI=1S/C9H9BrCl2O/c10-4-1-5-13-9-6-7(11)2-3-8(9)12/h2-3,6H,1,4-5H2. The van der Waals surface area contributed by atoms with Crippen molar-refractivity contribution in [2.75, 3.05) is 11.9 Å². The summed E-state index contributed by atoms with van der Waals surface area (Å²) >= 11 is 15.0. The Hall–Kier alpha value is 0.0800. The molecule has 0 unspecified atom stereocenters. The van der Waals surface area contributed by atoms with Crippen molar-refractivity contribution in [3.8, 4) is 5.75 Å². The molecule has 1 aromatic rings. The predicted octanol–water partition coefficient (Wildman–Crippen LogP) is 4.16. The van der Waals surface area contributed by atoms with Crippen LogP contribution in [0.15, 0.2) is 18.2 Å². The summed E-state index contributed by atoms with van der Waals surface area (Å²) < 4.78 is 5.41. The maximum absolute atomic E-state index is 5.88. The maximum atomic E-state index is 5.88. The molecule has 0 atom stereocenters. The summed E-state index contributed by atoms with van der Waals surface area (Å²) in [5.41, 5.74) is 0. The van der Waals surface area contributed by atoms with Crippen LogP contribution in [-0.2, 0) is 0 Å². The predicted molar refractivity (Wildman–Crippen MR) is 60.4 cm³/mol. The lowest BCUT2D eigenvalue weighted by molar-refractivity contribution is 0.319. The topological polar surface area (TPSA) is 9.23 Å². The van der Waals surface area contributed by atoms with Crippen LogP contribution in [0, 0.1) is 0 Å². The van der Waals surface area contributed by atoms with E-state index in [2.05, 4.69) is 15.9 Å². The molecule has 1 aromatic carbocycles.